The zero-order valence-corrected chi connectivity index (χ0v) is 14.4. The molecule has 23 heavy (non-hydrogen) atoms. The Bertz CT molecular complexity index is 654. The van der Waals surface area contributed by atoms with E-state index in [-0.39, 0.29) is 5.91 Å². The van der Waals surface area contributed by atoms with Crippen LogP contribution in [-0.2, 0) is 4.79 Å². The number of ether oxygens (including phenoxy) is 1. The van der Waals surface area contributed by atoms with E-state index >= 15 is 0 Å². The number of carbonyl (C=O) groups is 1. The Labute approximate surface area is 141 Å². The SMILES string of the molecule is CCOc1ccccc1/C=C1\SC(N2CCC[C@@H](C)C2)=NC1=O. The van der Waals surface area contributed by atoms with Crippen LogP contribution in [0.4, 0.5) is 0 Å². The maximum Gasteiger partial charge on any atom is 0.286 e. The van der Waals surface area contributed by atoms with Crippen LogP contribution in [0.5, 0.6) is 5.75 Å². The number of aliphatic imine (C=N–C) groups is 1. The fourth-order valence-corrected chi connectivity index (χ4v) is 3.86. The monoisotopic (exact) mass is 330 g/mol. The number of carbonyl (C=O) groups excluding carboxylic acids is 1. The number of thioether (sulfide) groups is 1. The number of amidine groups is 1. The van der Waals surface area contributed by atoms with Crippen LogP contribution in [0.25, 0.3) is 6.08 Å². The van der Waals surface area contributed by atoms with E-state index in [2.05, 4.69) is 16.8 Å². The number of hydrogen-bond donors (Lipinski definition) is 0. The van der Waals surface area contributed by atoms with Crippen LogP contribution in [0.3, 0.4) is 0 Å². The molecule has 2 heterocycles. The summed E-state index contributed by atoms with van der Waals surface area (Å²) in [6, 6.07) is 7.78. The first-order valence-electron chi connectivity index (χ1n) is 8.16. The van der Waals surface area contributed by atoms with Crippen molar-refractivity contribution < 1.29 is 9.53 Å². The van der Waals surface area contributed by atoms with Gasteiger partial charge in [-0.25, -0.2) is 0 Å². The molecule has 1 atom stereocenters. The summed E-state index contributed by atoms with van der Waals surface area (Å²) in [5, 5.41) is 0.849. The van der Waals surface area contributed by atoms with E-state index < -0.39 is 0 Å². The third kappa shape index (κ3) is 3.78. The minimum Gasteiger partial charge on any atom is -0.493 e. The normalized spacial score (nSPS) is 23.3. The molecule has 1 fully saturated rings. The average Bonchev–Trinajstić information content (AvgIpc) is 2.91. The van der Waals surface area contributed by atoms with Crippen molar-refractivity contribution in [2.24, 2.45) is 10.9 Å². The summed E-state index contributed by atoms with van der Waals surface area (Å²) < 4.78 is 5.63. The van der Waals surface area contributed by atoms with E-state index in [1.807, 2.05) is 37.3 Å². The second-order valence-electron chi connectivity index (χ2n) is 5.97. The molecule has 0 radical (unpaired) electrons. The molecule has 1 aromatic carbocycles. The minimum absolute atomic E-state index is 0.144. The van der Waals surface area contributed by atoms with Gasteiger partial charge in [0, 0.05) is 18.7 Å². The zero-order chi connectivity index (χ0) is 16.2. The topological polar surface area (TPSA) is 41.9 Å². The standard InChI is InChI=1S/C18H22N2O2S/c1-3-22-15-9-5-4-8-14(15)11-16-17(21)19-18(23-16)20-10-6-7-13(2)12-20/h4-5,8-9,11,13H,3,6-7,10,12H2,1-2H3/b16-11-/t13-/m1/s1. The molecule has 1 aromatic rings. The van der Waals surface area contributed by atoms with Crippen LogP contribution in [-0.4, -0.2) is 35.7 Å². The fraction of sp³-hybridized carbons (Fsp3) is 0.444. The lowest BCUT2D eigenvalue weighted by Gasteiger charge is -2.31. The van der Waals surface area contributed by atoms with Gasteiger partial charge >= 0.3 is 0 Å². The molecule has 0 saturated carbocycles. The van der Waals surface area contributed by atoms with E-state index in [1.165, 1.54) is 24.6 Å². The second-order valence-corrected chi connectivity index (χ2v) is 6.98. The maximum absolute atomic E-state index is 12.2. The molecule has 1 amide bonds. The highest BCUT2D eigenvalue weighted by Crippen LogP contribution is 2.33. The third-order valence-electron chi connectivity index (χ3n) is 4.04. The zero-order valence-electron chi connectivity index (χ0n) is 13.6. The summed E-state index contributed by atoms with van der Waals surface area (Å²) in [5.41, 5.74) is 0.925. The first kappa shape index (κ1) is 16.1. The molecular formula is C18H22N2O2S. The van der Waals surface area contributed by atoms with Crippen LogP contribution in [0.15, 0.2) is 34.2 Å². The van der Waals surface area contributed by atoms with Crippen molar-refractivity contribution in [1.29, 1.82) is 0 Å². The van der Waals surface area contributed by atoms with Crippen molar-refractivity contribution in [1.82, 2.24) is 4.90 Å². The van der Waals surface area contributed by atoms with Gasteiger partial charge in [-0.3, -0.25) is 4.79 Å². The van der Waals surface area contributed by atoms with Gasteiger partial charge in [-0.05, 0) is 49.6 Å². The molecule has 0 aromatic heterocycles. The lowest BCUT2D eigenvalue weighted by atomic mass is 10.0. The van der Waals surface area contributed by atoms with Gasteiger partial charge in [0.2, 0.25) is 0 Å². The number of amides is 1. The first-order valence-corrected chi connectivity index (χ1v) is 8.98. The molecule has 4 nitrogen and oxygen atoms in total. The Hall–Kier alpha value is -1.75. The lowest BCUT2D eigenvalue weighted by molar-refractivity contribution is -0.113. The van der Waals surface area contributed by atoms with Crippen molar-refractivity contribution in [3.63, 3.8) is 0 Å². The van der Waals surface area contributed by atoms with Gasteiger partial charge in [0.05, 0.1) is 11.5 Å². The van der Waals surface area contributed by atoms with Crippen molar-refractivity contribution in [3.05, 3.63) is 34.7 Å². The van der Waals surface area contributed by atoms with Gasteiger partial charge in [0.1, 0.15) is 5.75 Å². The molecular weight excluding hydrogens is 308 g/mol. The molecule has 3 rings (SSSR count). The summed E-state index contributed by atoms with van der Waals surface area (Å²) >= 11 is 1.48. The summed E-state index contributed by atoms with van der Waals surface area (Å²) in [4.78, 5) is 19.4. The molecule has 2 aliphatic heterocycles. The van der Waals surface area contributed by atoms with E-state index in [4.69, 9.17) is 4.74 Å². The van der Waals surface area contributed by atoms with Crippen LogP contribution in [0, 0.1) is 5.92 Å². The van der Waals surface area contributed by atoms with Gasteiger partial charge < -0.3 is 9.64 Å². The summed E-state index contributed by atoms with van der Waals surface area (Å²) in [5.74, 6) is 1.32. The maximum atomic E-state index is 12.2. The first-order chi connectivity index (χ1) is 11.2. The minimum atomic E-state index is -0.144. The smallest absolute Gasteiger partial charge is 0.286 e. The summed E-state index contributed by atoms with van der Waals surface area (Å²) in [6.45, 7) is 6.80. The predicted molar refractivity (Wildman–Crippen MR) is 95.6 cm³/mol. The highest BCUT2D eigenvalue weighted by Gasteiger charge is 2.28. The van der Waals surface area contributed by atoms with Gasteiger partial charge in [0.25, 0.3) is 5.91 Å². The molecule has 0 unspecified atom stereocenters. The Kier molecular flexibility index (Phi) is 5.06. The Morgan fingerprint density at radius 2 is 2.26 bits per heavy atom. The van der Waals surface area contributed by atoms with Crippen molar-refractivity contribution >= 4 is 28.9 Å². The summed E-state index contributed by atoms with van der Waals surface area (Å²) in [6.07, 6.45) is 4.32. The molecule has 0 bridgehead atoms. The van der Waals surface area contributed by atoms with E-state index in [9.17, 15) is 4.79 Å². The lowest BCUT2D eigenvalue weighted by Crippen LogP contribution is -2.37. The highest BCUT2D eigenvalue weighted by molar-refractivity contribution is 8.18. The molecule has 5 heteroatoms. The number of piperidine rings is 1. The predicted octanol–water partition coefficient (Wildman–Crippen LogP) is 3.79. The van der Waals surface area contributed by atoms with Crippen LogP contribution in [0.2, 0.25) is 0 Å². The van der Waals surface area contributed by atoms with Crippen LogP contribution >= 0.6 is 11.8 Å². The third-order valence-corrected chi connectivity index (χ3v) is 5.09. The number of hydrogen-bond acceptors (Lipinski definition) is 4. The number of nitrogens with zero attached hydrogens (tertiary/aromatic N) is 2. The van der Waals surface area contributed by atoms with Crippen molar-refractivity contribution in [3.8, 4) is 5.75 Å². The highest BCUT2D eigenvalue weighted by atomic mass is 32.2. The largest absolute Gasteiger partial charge is 0.493 e. The van der Waals surface area contributed by atoms with E-state index in [1.54, 1.807) is 0 Å². The number of benzene rings is 1. The Balaban J connectivity index is 1.77. The van der Waals surface area contributed by atoms with Crippen molar-refractivity contribution in [2.75, 3.05) is 19.7 Å². The van der Waals surface area contributed by atoms with Gasteiger partial charge in [-0.15, -0.1) is 0 Å². The number of likely N-dealkylation sites (tertiary alicyclic amines) is 1. The van der Waals surface area contributed by atoms with Gasteiger partial charge in [0.15, 0.2) is 5.17 Å². The van der Waals surface area contributed by atoms with Gasteiger partial charge in [-0.1, -0.05) is 25.1 Å². The average molecular weight is 330 g/mol. The molecule has 0 N–H and O–H groups in total. The van der Waals surface area contributed by atoms with Gasteiger partial charge in [-0.2, -0.15) is 4.99 Å². The van der Waals surface area contributed by atoms with E-state index in [0.29, 0.717) is 17.4 Å². The van der Waals surface area contributed by atoms with Crippen LogP contribution < -0.4 is 4.74 Å². The van der Waals surface area contributed by atoms with Crippen LogP contribution in [0.1, 0.15) is 32.3 Å². The molecule has 2 aliphatic rings. The fourth-order valence-electron chi connectivity index (χ4n) is 2.92. The molecule has 0 aliphatic carbocycles. The quantitative estimate of drug-likeness (QED) is 0.791. The van der Waals surface area contributed by atoms with E-state index in [0.717, 1.165) is 29.6 Å². The van der Waals surface area contributed by atoms with Crippen molar-refractivity contribution in [2.45, 2.75) is 26.7 Å². The number of para-hydroxylation sites is 1. The Morgan fingerprint density at radius 3 is 3.04 bits per heavy atom. The summed E-state index contributed by atoms with van der Waals surface area (Å²) in [7, 11) is 0. The number of rotatable bonds is 3. The molecule has 1 saturated heterocycles. The molecule has 122 valence electrons. The Morgan fingerprint density at radius 1 is 1.43 bits per heavy atom. The molecule has 0 spiro atoms. The second kappa shape index (κ2) is 7.21.